The van der Waals surface area contributed by atoms with Gasteiger partial charge in [0, 0.05) is 25.4 Å². The molecule has 0 aliphatic carbocycles. The molecule has 1 N–H and O–H groups in total. The molecule has 3 aromatic rings. The van der Waals surface area contributed by atoms with Crippen LogP contribution in [0.2, 0.25) is 0 Å². The molecule has 2 heterocycles. The van der Waals surface area contributed by atoms with Gasteiger partial charge in [-0.15, -0.1) is 0 Å². The second kappa shape index (κ2) is 6.37. The molecule has 0 spiro atoms. The first-order valence-electron chi connectivity index (χ1n) is 7.08. The first-order chi connectivity index (χ1) is 10.3. The molecule has 5 nitrogen and oxygen atoms in total. The highest BCUT2D eigenvalue weighted by Crippen LogP contribution is 2.09. The second-order valence-corrected chi connectivity index (χ2v) is 4.79. The first kappa shape index (κ1) is 13.6. The summed E-state index contributed by atoms with van der Waals surface area (Å²) in [5.41, 5.74) is 2.28. The van der Waals surface area contributed by atoms with E-state index in [1.165, 1.54) is 5.56 Å². The number of nitrogens with one attached hydrogen (secondary N) is 1. The Balaban J connectivity index is 1.53. The van der Waals surface area contributed by atoms with Gasteiger partial charge in [-0.05, 0) is 23.8 Å². The fraction of sp³-hybridized carbons (Fsp3) is 0.250. The van der Waals surface area contributed by atoms with Crippen molar-refractivity contribution in [1.82, 2.24) is 20.1 Å². The van der Waals surface area contributed by atoms with Gasteiger partial charge in [-0.3, -0.25) is 0 Å². The van der Waals surface area contributed by atoms with E-state index < -0.39 is 0 Å². The van der Waals surface area contributed by atoms with Crippen molar-refractivity contribution in [3.8, 4) is 5.69 Å². The number of oxazole rings is 1. The van der Waals surface area contributed by atoms with Crippen LogP contribution in [0.1, 0.15) is 24.1 Å². The third kappa shape index (κ3) is 3.38. The van der Waals surface area contributed by atoms with Crippen LogP contribution in [0.5, 0.6) is 0 Å². The van der Waals surface area contributed by atoms with Crippen LogP contribution in [0.15, 0.2) is 53.3 Å². The molecule has 0 aliphatic rings. The molecule has 0 aliphatic heterocycles. The van der Waals surface area contributed by atoms with Crippen LogP contribution in [0.4, 0.5) is 0 Å². The average molecular weight is 282 g/mol. The number of benzene rings is 1. The molecule has 0 unspecified atom stereocenters. The van der Waals surface area contributed by atoms with E-state index in [9.17, 15) is 0 Å². The average Bonchev–Trinajstić information content (AvgIpc) is 3.19. The van der Waals surface area contributed by atoms with Crippen LogP contribution < -0.4 is 5.32 Å². The van der Waals surface area contributed by atoms with Crippen LogP contribution in [0.3, 0.4) is 0 Å². The molecule has 5 heteroatoms. The third-order valence-corrected chi connectivity index (χ3v) is 3.26. The molecule has 1 aromatic carbocycles. The largest absolute Gasteiger partial charge is 0.444 e. The molecule has 3 rings (SSSR count). The SMILES string of the molecule is CCc1cnc(CNCc2ccc(-n3cccn3)cc2)o1. The van der Waals surface area contributed by atoms with Gasteiger partial charge in [0.25, 0.3) is 0 Å². The van der Waals surface area contributed by atoms with Gasteiger partial charge in [-0.2, -0.15) is 5.10 Å². The van der Waals surface area contributed by atoms with Crippen molar-refractivity contribution >= 4 is 0 Å². The number of aryl methyl sites for hydroxylation is 1. The number of hydrogen-bond donors (Lipinski definition) is 1. The molecule has 0 bridgehead atoms. The smallest absolute Gasteiger partial charge is 0.208 e. The van der Waals surface area contributed by atoms with Crippen molar-refractivity contribution in [2.75, 3.05) is 0 Å². The minimum Gasteiger partial charge on any atom is -0.444 e. The van der Waals surface area contributed by atoms with Gasteiger partial charge in [-0.1, -0.05) is 19.1 Å². The predicted molar refractivity (Wildman–Crippen MR) is 80.0 cm³/mol. The number of hydrogen-bond acceptors (Lipinski definition) is 4. The molecule has 0 saturated heterocycles. The van der Waals surface area contributed by atoms with E-state index in [-0.39, 0.29) is 0 Å². The van der Waals surface area contributed by atoms with E-state index in [4.69, 9.17) is 4.42 Å². The van der Waals surface area contributed by atoms with E-state index >= 15 is 0 Å². The highest BCUT2D eigenvalue weighted by molar-refractivity contribution is 5.33. The van der Waals surface area contributed by atoms with Crippen molar-refractivity contribution < 1.29 is 4.42 Å². The van der Waals surface area contributed by atoms with Crippen molar-refractivity contribution in [1.29, 1.82) is 0 Å². The van der Waals surface area contributed by atoms with E-state index in [1.807, 2.05) is 16.9 Å². The minimum absolute atomic E-state index is 0.640. The van der Waals surface area contributed by atoms with Crippen molar-refractivity contribution in [2.24, 2.45) is 0 Å². The van der Waals surface area contributed by atoms with Gasteiger partial charge in [-0.25, -0.2) is 9.67 Å². The van der Waals surface area contributed by atoms with E-state index in [0.717, 1.165) is 30.3 Å². The van der Waals surface area contributed by atoms with Gasteiger partial charge < -0.3 is 9.73 Å². The third-order valence-electron chi connectivity index (χ3n) is 3.26. The maximum Gasteiger partial charge on any atom is 0.208 e. The quantitative estimate of drug-likeness (QED) is 0.755. The lowest BCUT2D eigenvalue weighted by Crippen LogP contribution is -2.12. The fourth-order valence-corrected chi connectivity index (χ4v) is 2.10. The number of nitrogens with zero attached hydrogens (tertiary/aromatic N) is 3. The molecular formula is C16H18N4O. The van der Waals surface area contributed by atoms with Crippen LogP contribution >= 0.6 is 0 Å². The number of rotatable bonds is 6. The summed E-state index contributed by atoms with van der Waals surface area (Å²) < 4.78 is 7.40. The lowest BCUT2D eigenvalue weighted by Gasteiger charge is -2.05. The summed E-state index contributed by atoms with van der Waals surface area (Å²) in [7, 11) is 0. The molecule has 0 radical (unpaired) electrons. The molecule has 2 aromatic heterocycles. The fourth-order valence-electron chi connectivity index (χ4n) is 2.10. The Labute approximate surface area is 123 Å². The summed E-state index contributed by atoms with van der Waals surface area (Å²) in [5.74, 6) is 1.66. The monoisotopic (exact) mass is 282 g/mol. The van der Waals surface area contributed by atoms with Gasteiger partial charge in [0.1, 0.15) is 5.76 Å². The zero-order chi connectivity index (χ0) is 14.5. The summed E-state index contributed by atoms with van der Waals surface area (Å²) >= 11 is 0. The molecule has 108 valence electrons. The van der Waals surface area contributed by atoms with Gasteiger partial charge in [0.15, 0.2) is 0 Å². The lowest BCUT2D eigenvalue weighted by molar-refractivity contribution is 0.439. The minimum atomic E-state index is 0.640. The molecule has 0 atom stereocenters. The Hall–Kier alpha value is -2.40. The maximum atomic E-state index is 5.55. The van der Waals surface area contributed by atoms with Crippen LogP contribution in [0.25, 0.3) is 5.69 Å². The normalized spacial score (nSPS) is 10.9. The van der Waals surface area contributed by atoms with Crippen LogP contribution in [0, 0.1) is 0 Å². The highest BCUT2D eigenvalue weighted by Gasteiger charge is 2.02. The van der Waals surface area contributed by atoms with Gasteiger partial charge >= 0.3 is 0 Å². The Morgan fingerprint density at radius 3 is 2.71 bits per heavy atom. The zero-order valence-electron chi connectivity index (χ0n) is 12.0. The highest BCUT2D eigenvalue weighted by atomic mass is 16.4. The standard InChI is InChI=1S/C16H18N4O/c1-2-15-11-18-16(21-15)12-17-10-13-4-6-14(7-5-13)20-9-3-8-19-20/h3-9,11,17H,2,10,12H2,1H3. The van der Waals surface area contributed by atoms with Crippen LogP contribution in [-0.2, 0) is 19.5 Å². The number of aromatic nitrogens is 3. The molecule has 0 fully saturated rings. The van der Waals surface area contributed by atoms with Crippen molar-refractivity contribution in [3.05, 3.63) is 66.1 Å². The zero-order valence-corrected chi connectivity index (χ0v) is 12.0. The van der Waals surface area contributed by atoms with Gasteiger partial charge in [0.05, 0.1) is 18.4 Å². The maximum absolute atomic E-state index is 5.55. The van der Waals surface area contributed by atoms with Crippen molar-refractivity contribution in [2.45, 2.75) is 26.4 Å². The van der Waals surface area contributed by atoms with E-state index in [1.54, 1.807) is 12.4 Å². The summed E-state index contributed by atoms with van der Waals surface area (Å²) in [6, 6.07) is 10.2. The Morgan fingerprint density at radius 1 is 1.19 bits per heavy atom. The van der Waals surface area contributed by atoms with Crippen molar-refractivity contribution in [3.63, 3.8) is 0 Å². The summed E-state index contributed by atoms with van der Waals surface area (Å²) in [4.78, 5) is 4.23. The van der Waals surface area contributed by atoms with E-state index in [2.05, 4.69) is 46.6 Å². The summed E-state index contributed by atoms with van der Waals surface area (Å²) in [5, 5.41) is 7.54. The van der Waals surface area contributed by atoms with E-state index in [0.29, 0.717) is 6.54 Å². The Bertz CT molecular complexity index is 671. The Kier molecular flexibility index (Phi) is 4.12. The summed E-state index contributed by atoms with van der Waals surface area (Å²) in [6.45, 7) is 3.48. The molecule has 21 heavy (non-hydrogen) atoms. The molecular weight excluding hydrogens is 264 g/mol. The lowest BCUT2D eigenvalue weighted by atomic mass is 10.2. The summed E-state index contributed by atoms with van der Waals surface area (Å²) in [6.07, 6.45) is 6.37. The first-order valence-corrected chi connectivity index (χ1v) is 7.08. The molecule has 0 amide bonds. The topological polar surface area (TPSA) is 55.9 Å². The Morgan fingerprint density at radius 2 is 2.05 bits per heavy atom. The van der Waals surface area contributed by atoms with Crippen LogP contribution in [-0.4, -0.2) is 14.8 Å². The predicted octanol–water partition coefficient (Wildman–Crippen LogP) is 2.71. The second-order valence-electron chi connectivity index (χ2n) is 4.79. The van der Waals surface area contributed by atoms with Gasteiger partial charge in [0.2, 0.25) is 5.89 Å². The molecule has 0 saturated carbocycles.